The van der Waals surface area contributed by atoms with E-state index < -0.39 is 17.7 Å². The number of halogens is 3. The van der Waals surface area contributed by atoms with Crippen molar-refractivity contribution in [2.45, 2.75) is 6.61 Å². The fourth-order valence-electron chi connectivity index (χ4n) is 1.62. The number of pyridine rings is 1. The first-order valence-electron chi connectivity index (χ1n) is 6.45. The van der Waals surface area contributed by atoms with Gasteiger partial charge < -0.3 is 10.1 Å². The van der Waals surface area contributed by atoms with E-state index in [0.29, 0.717) is 9.50 Å². The minimum Gasteiger partial charge on any atom is -0.459 e. The number of hydrogen-bond donors (Lipinski definition) is 1. The number of hydrogen-bond acceptors (Lipinski definition) is 4. The molecule has 0 saturated heterocycles. The molecule has 0 saturated carbocycles. The highest BCUT2D eigenvalue weighted by Crippen LogP contribution is 2.16. The van der Waals surface area contributed by atoms with Gasteiger partial charge in [0.25, 0.3) is 5.91 Å². The number of carbonyl (C=O) groups is 2. The normalized spacial score (nSPS) is 10.2. The molecule has 0 bridgehead atoms. The van der Waals surface area contributed by atoms with Gasteiger partial charge in [0.2, 0.25) is 0 Å². The van der Waals surface area contributed by atoms with Gasteiger partial charge in [-0.25, -0.2) is 4.39 Å². The lowest BCUT2D eigenvalue weighted by atomic mass is 10.2. The number of esters is 1. The third-order valence-electron chi connectivity index (χ3n) is 2.75. The van der Waals surface area contributed by atoms with E-state index in [0.717, 1.165) is 0 Å². The third-order valence-corrected chi connectivity index (χ3v) is 3.48. The maximum absolute atomic E-state index is 13.6. The molecular formula is C15H11BrClFN2O3. The predicted molar refractivity (Wildman–Crippen MR) is 85.5 cm³/mol. The second-order valence-corrected chi connectivity index (χ2v) is 5.79. The lowest BCUT2D eigenvalue weighted by molar-refractivity contribution is -0.143. The number of carbonyl (C=O) groups excluding carboxylic acids is 2. The zero-order valence-electron chi connectivity index (χ0n) is 11.7. The summed E-state index contributed by atoms with van der Waals surface area (Å²) in [6.45, 7) is -0.575. The summed E-state index contributed by atoms with van der Waals surface area (Å²) in [6.07, 6.45) is 1.38. The molecule has 23 heavy (non-hydrogen) atoms. The minimum absolute atomic E-state index is 0.0873. The molecule has 1 heterocycles. The summed E-state index contributed by atoms with van der Waals surface area (Å²) in [5.41, 5.74) is 0.327. The standard InChI is InChI=1S/C15H11BrClFN2O3/c16-10-2-1-9(12(18)5-10)8-23-14(21)7-20-15(22)13-6-11(17)3-4-19-13/h1-6H,7-8H2,(H,20,22). The molecule has 0 unspecified atom stereocenters. The summed E-state index contributed by atoms with van der Waals surface area (Å²) >= 11 is 8.88. The fourth-order valence-corrected chi connectivity index (χ4v) is 2.11. The van der Waals surface area contributed by atoms with Gasteiger partial charge >= 0.3 is 5.97 Å². The van der Waals surface area contributed by atoms with Crippen molar-refractivity contribution in [1.29, 1.82) is 0 Å². The van der Waals surface area contributed by atoms with Gasteiger partial charge in [-0.2, -0.15) is 0 Å². The zero-order valence-corrected chi connectivity index (χ0v) is 14.0. The van der Waals surface area contributed by atoms with Crippen LogP contribution in [0.2, 0.25) is 5.02 Å². The Morgan fingerprint density at radius 1 is 1.30 bits per heavy atom. The van der Waals surface area contributed by atoms with Gasteiger partial charge in [-0.15, -0.1) is 0 Å². The van der Waals surface area contributed by atoms with Crippen LogP contribution in [0.4, 0.5) is 4.39 Å². The molecule has 0 aliphatic carbocycles. The van der Waals surface area contributed by atoms with Gasteiger partial charge in [-0.05, 0) is 24.3 Å². The number of ether oxygens (including phenoxy) is 1. The molecule has 0 atom stereocenters. The predicted octanol–water partition coefficient (Wildman–Crippen LogP) is 3.11. The number of nitrogens with zero attached hydrogens (tertiary/aromatic N) is 1. The van der Waals surface area contributed by atoms with Gasteiger partial charge in [0.1, 0.15) is 24.7 Å². The summed E-state index contributed by atoms with van der Waals surface area (Å²) in [5.74, 6) is -1.73. The summed E-state index contributed by atoms with van der Waals surface area (Å²) < 4.78 is 19.1. The van der Waals surface area contributed by atoms with Crippen LogP contribution in [0.15, 0.2) is 41.0 Å². The van der Waals surface area contributed by atoms with Crippen LogP contribution in [0.3, 0.4) is 0 Å². The average molecular weight is 402 g/mol. The summed E-state index contributed by atoms with van der Waals surface area (Å²) in [4.78, 5) is 27.2. The Kier molecular flexibility index (Phi) is 6.06. The zero-order chi connectivity index (χ0) is 16.8. The van der Waals surface area contributed by atoms with Crippen molar-refractivity contribution in [1.82, 2.24) is 10.3 Å². The lowest BCUT2D eigenvalue weighted by Gasteiger charge is -2.07. The van der Waals surface area contributed by atoms with E-state index >= 15 is 0 Å². The van der Waals surface area contributed by atoms with Crippen molar-refractivity contribution in [2.75, 3.05) is 6.54 Å². The van der Waals surface area contributed by atoms with Crippen molar-refractivity contribution in [2.24, 2.45) is 0 Å². The van der Waals surface area contributed by atoms with Crippen LogP contribution in [0.1, 0.15) is 16.1 Å². The highest BCUT2D eigenvalue weighted by Gasteiger charge is 2.11. The van der Waals surface area contributed by atoms with Crippen molar-refractivity contribution >= 4 is 39.4 Å². The first-order chi connectivity index (χ1) is 11.0. The molecule has 0 radical (unpaired) electrons. The molecule has 2 rings (SSSR count). The highest BCUT2D eigenvalue weighted by molar-refractivity contribution is 9.10. The Bertz CT molecular complexity index is 742. The van der Waals surface area contributed by atoms with E-state index in [1.165, 1.54) is 30.5 Å². The Morgan fingerprint density at radius 2 is 2.09 bits per heavy atom. The van der Waals surface area contributed by atoms with Gasteiger partial charge in [0.15, 0.2) is 0 Å². The molecule has 0 fully saturated rings. The monoisotopic (exact) mass is 400 g/mol. The smallest absolute Gasteiger partial charge is 0.325 e. The number of nitrogens with one attached hydrogen (secondary N) is 1. The maximum Gasteiger partial charge on any atom is 0.325 e. The molecule has 1 aromatic carbocycles. The first kappa shape index (κ1) is 17.4. The van der Waals surface area contributed by atoms with Crippen LogP contribution in [0.25, 0.3) is 0 Å². The van der Waals surface area contributed by atoms with Crippen LogP contribution >= 0.6 is 27.5 Å². The SMILES string of the molecule is O=C(CNC(=O)c1cc(Cl)ccn1)OCc1ccc(Br)cc1F. The Hall–Kier alpha value is -1.99. The number of amides is 1. The van der Waals surface area contributed by atoms with Crippen LogP contribution in [-0.2, 0) is 16.1 Å². The lowest BCUT2D eigenvalue weighted by Crippen LogP contribution is -2.31. The third kappa shape index (κ3) is 5.30. The molecule has 0 aliphatic rings. The molecule has 8 heteroatoms. The maximum atomic E-state index is 13.6. The van der Waals surface area contributed by atoms with Crippen LogP contribution in [-0.4, -0.2) is 23.4 Å². The van der Waals surface area contributed by atoms with E-state index in [9.17, 15) is 14.0 Å². The Morgan fingerprint density at radius 3 is 2.78 bits per heavy atom. The summed E-state index contributed by atoms with van der Waals surface area (Å²) in [6, 6.07) is 7.31. The second-order valence-electron chi connectivity index (χ2n) is 4.44. The van der Waals surface area contributed by atoms with E-state index in [4.69, 9.17) is 16.3 Å². The van der Waals surface area contributed by atoms with E-state index in [1.54, 1.807) is 6.07 Å². The van der Waals surface area contributed by atoms with Crippen LogP contribution in [0, 0.1) is 5.82 Å². The number of benzene rings is 1. The molecule has 0 aliphatic heterocycles. The van der Waals surface area contributed by atoms with E-state index in [2.05, 4.69) is 26.2 Å². The topological polar surface area (TPSA) is 68.3 Å². The quantitative estimate of drug-likeness (QED) is 0.782. The Labute approximate surface area is 144 Å². The first-order valence-corrected chi connectivity index (χ1v) is 7.62. The molecule has 2 aromatic rings. The van der Waals surface area contributed by atoms with Crippen LogP contribution < -0.4 is 5.32 Å². The second kappa shape index (κ2) is 8.03. The summed E-state index contributed by atoms with van der Waals surface area (Å²) in [7, 11) is 0. The van der Waals surface area contributed by atoms with Gasteiger partial charge in [0.05, 0.1) is 0 Å². The molecule has 1 N–H and O–H groups in total. The number of aromatic nitrogens is 1. The van der Waals surface area contributed by atoms with Crippen molar-refractivity contribution in [3.63, 3.8) is 0 Å². The van der Waals surface area contributed by atoms with Gasteiger partial charge in [-0.1, -0.05) is 33.6 Å². The molecule has 1 aromatic heterocycles. The molecule has 0 spiro atoms. The highest BCUT2D eigenvalue weighted by atomic mass is 79.9. The average Bonchev–Trinajstić information content (AvgIpc) is 2.51. The molecule has 1 amide bonds. The minimum atomic E-state index is -0.692. The molecule has 120 valence electrons. The van der Waals surface area contributed by atoms with E-state index in [-0.39, 0.29) is 24.4 Å². The molecular weight excluding hydrogens is 391 g/mol. The van der Waals surface area contributed by atoms with Gasteiger partial charge in [0, 0.05) is 21.3 Å². The van der Waals surface area contributed by atoms with Gasteiger partial charge in [-0.3, -0.25) is 14.6 Å². The van der Waals surface area contributed by atoms with Crippen LogP contribution in [0.5, 0.6) is 0 Å². The van der Waals surface area contributed by atoms with Crippen molar-refractivity contribution in [3.8, 4) is 0 Å². The number of rotatable bonds is 5. The largest absolute Gasteiger partial charge is 0.459 e. The Balaban J connectivity index is 1.82. The van der Waals surface area contributed by atoms with E-state index in [1.807, 2.05) is 0 Å². The fraction of sp³-hybridized carbons (Fsp3) is 0.133. The van der Waals surface area contributed by atoms with Crippen molar-refractivity contribution < 1.29 is 18.7 Å². The molecule has 5 nitrogen and oxygen atoms in total. The van der Waals surface area contributed by atoms with Crippen molar-refractivity contribution in [3.05, 3.63) is 63.1 Å². The summed E-state index contributed by atoms with van der Waals surface area (Å²) in [5, 5.41) is 2.71.